The maximum atomic E-state index is 13.0. The minimum Gasteiger partial charge on any atom is -0.307 e. The molecule has 1 fully saturated rings. The lowest BCUT2D eigenvalue weighted by Gasteiger charge is -2.20. The molecular weight excluding hydrogens is 225 g/mol. The fourth-order valence-corrected chi connectivity index (χ4v) is 2.44. The van der Waals surface area contributed by atoms with Crippen LogP contribution in [0.2, 0.25) is 0 Å². The van der Waals surface area contributed by atoms with Crippen LogP contribution in [0.4, 0.5) is 4.39 Å². The molecule has 1 saturated carbocycles. The number of nitrogens with one attached hydrogen (secondary N) is 1. The second-order valence-corrected chi connectivity index (χ2v) is 6.16. The molecule has 0 aliphatic heterocycles. The van der Waals surface area contributed by atoms with Crippen LogP contribution in [-0.2, 0) is 0 Å². The smallest absolute Gasteiger partial charge is 0.123 e. The van der Waals surface area contributed by atoms with E-state index in [4.69, 9.17) is 0 Å². The summed E-state index contributed by atoms with van der Waals surface area (Å²) in [6.45, 7) is 6.81. The monoisotopic (exact) mass is 249 g/mol. The van der Waals surface area contributed by atoms with Crippen molar-refractivity contribution in [2.75, 3.05) is 0 Å². The first-order valence-corrected chi connectivity index (χ1v) is 7.04. The fourth-order valence-electron chi connectivity index (χ4n) is 2.44. The Labute approximate surface area is 110 Å². The molecule has 1 aliphatic carbocycles. The molecule has 1 N–H and O–H groups in total. The highest BCUT2D eigenvalue weighted by molar-refractivity contribution is 5.21. The van der Waals surface area contributed by atoms with E-state index in [1.165, 1.54) is 24.8 Å². The summed E-state index contributed by atoms with van der Waals surface area (Å²) in [5.74, 6) is -0.153. The molecular formula is C16H24FN. The summed E-state index contributed by atoms with van der Waals surface area (Å²) in [5, 5.41) is 3.73. The second-order valence-electron chi connectivity index (χ2n) is 6.16. The average Bonchev–Trinajstić information content (AvgIpc) is 2.93. The molecule has 100 valence electrons. The van der Waals surface area contributed by atoms with Gasteiger partial charge in [0.05, 0.1) is 0 Å². The van der Waals surface area contributed by atoms with Crippen molar-refractivity contribution in [3.8, 4) is 0 Å². The summed E-state index contributed by atoms with van der Waals surface area (Å²) in [5.41, 5.74) is 1.65. The summed E-state index contributed by atoms with van der Waals surface area (Å²) in [4.78, 5) is 0. The molecule has 1 aromatic carbocycles. The van der Waals surface area contributed by atoms with Crippen molar-refractivity contribution < 1.29 is 4.39 Å². The molecule has 0 spiro atoms. The molecule has 2 heteroatoms. The summed E-state index contributed by atoms with van der Waals surface area (Å²) in [6.07, 6.45) is 4.79. The number of halogens is 1. The van der Waals surface area contributed by atoms with Crippen LogP contribution in [-0.4, -0.2) is 6.04 Å². The Morgan fingerprint density at radius 3 is 2.44 bits per heavy atom. The summed E-state index contributed by atoms with van der Waals surface area (Å²) in [6, 6.07) is 7.94. The van der Waals surface area contributed by atoms with Crippen LogP contribution in [0.5, 0.6) is 0 Å². The third-order valence-corrected chi connectivity index (χ3v) is 4.03. The molecule has 2 rings (SSSR count). The number of rotatable bonds is 6. The van der Waals surface area contributed by atoms with Crippen LogP contribution in [0.15, 0.2) is 24.3 Å². The summed E-state index contributed by atoms with van der Waals surface area (Å²) < 4.78 is 13.0. The summed E-state index contributed by atoms with van der Waals surface area (Å²) >= 11 is 0. The quantitative estimate of drug-likeness (QED) is 0.785. The Morgan fingerprint density at radius 1 is 1.33 bits per heavy atom. The molecule has 18 heavy (non-hydrogen) atoms. The topological polar surface area (TPSA) is 12.0 Å². The van der Waals surface area contributed by atoms with Gasteiger partial charge in [-0.1, -0.05) is 45.7 Å². The molecule has 0 heterocycles. The molecule has 1 aromatic rings. The van der Waals surface area contributed by atoms with Crippen molar-refractivity contribution >= 4 is 0 Å². The molecule has 0 bridgehead atoms. The van der Waals surface area contributed by atoms with Crippen LogP contribution in [0.1, 0.15) is 58.1 Å². The standard InChI is InChI=1S/C16H24FN/c1-4-5-6-14(18-15-11-16(15,2)3)12-7-9-13(17)10-8-12/h7-10,14-15,18H,4-6,11H2,1-3H3. The Kier molecular flexibility index (Phi) is 4.06. The van der Waals surface area contributed by atoms with Gasteiger partial charge in [-0.15, -0.1) is 0 Å². The van der Waals surface area contributed by atoms with Gasteiger partial charge in [0, 0.05) is 12.1 Å². The molecule has 0 amide bonds. The average molecular weight is 249 g/mol. The minimum atomic E-state index is -0.153. The van der Waals surface area contributed by atoms with Gasteiger partial charge in [-0.05, 0) is 36.0 Å². The van der Waals surface area contributed by atoms with E-state index in [1.807, 2.05) is 12.1 Å². The molecule has 0 aromatic heterocycles. The number of benzene rings is 1. The molecule has 1 aliphatic rings. The van der Waals surface area contributed by atoms with Gasteiger partial charge >= 0.3 is 0 Å². The molecule has 2 unspecified atom stereocenters. The van der Waals surface area contributed by atoms with Crippen molar-refractivity contribution in [3.05, 3.63) is 35.6 Å². The third kappa shape index (κ3) is 3.32. The predicted molar refractivity (Wildman–Crippen MR) is 74.0 cm³/mol. The van der Waals surface area contributed by atoms with Gasteiger partial charge in [0.2, 0.25) is 0 Å². The Balaban J connectivity index is 2.02. The van der Waals surface area contributed by atoms with Crippen molar-refractivity contribution in [2.45, 2.75) is 58.5 Å². The van der Waals surface area contributed by atoms with E-state index in [2.05, 4.69) is 26.1 Å². The Morgan fingerprint density at radius 2 is 1.94 bits per heavy atom. The van der Waals surface area contributed by atoms with Crippen LogP contribution < -0.4 is 5.32 Å². The van der Waals surface area contributed by atoms with Gasteiger partial charge in [0.1, 0.15) is 5.82 Å². The zero-order chi connectivity index (χ0) is 13.2. The highest BCUT2D eigenvalue weighted by atomic mass is 19.1. The van der Waals surface area contributed by atoms with E-state index in [0.29, 0.717) is 17.5 Å². The lowest BCUT2D eigenvalue weighted by molar-refractivity contribution is 0.438. The first-order chi connectivity index (χ1) is 8.53. The number of unbranched alkanes of at least 4 members (excludes halogenated alkanes) is 1. The zero-order valence-electron chi connectivity index (χ0n) is 11.7. The normalized spacial score (nSPS) is 22.8. The predicted octanol–water partition coefficient (Wildman–Crippen LogP) is 4.45. The number of hydrogen-bond acceptors (Lipinski definition) is 1. The van der Waals surface area contributed by atoms with Crippen molar-refractivity contribution in [2.24, 2.45) is 5.41 Å². The van der Waals surface area contributed by atoms with E-state index in [1.54, 1.807) is 12.1 Å². The highest BCUT2D eigenvalue weighted by Crippen LogP contribution is 2.46. The van der Waals surface area contributed by atoms with E-state index >= 15 is 0 Å². The fraction of sp³-hybridized carbons (Fsp3) is 0.625. The van der Waals surface area contributed by atoms with Crippen LogP contribution in [0, 0.1) is 11.2 Å². The highest BCUT2D eigenvalue weighted by Gasteiger charge is 2.46. The van der Waals surface area contributed by atoms with Crippen LogP contribution in [0.3, 0.4) is 0 Å². The maximum Gasteiger partial charge on any atom is 0.123 e. The minimum absolute atomic E-state index is 0.153. The SMILES string of the molecule is CCCCC(NC1CC1(C)C)c1ccc(F)cc1. The Hall–Kier alpha value is -0.890. The zero-order valence-corrected chi connectivity index (χ0v) is 11.7. The molecule has 0 radical (unpaired) electrons. The summed E-state index contributed by atoms with van der Waals surface area (Å²) in [7, 11) is 0. The van der Waals surface area contributed by atoms with E-state index < -0.39 is 0 Å². The van der Waals surface area contributed by atoms with Crippen LogP contribution >= 0.6 is 0 Å². The molecule has 2 atom stereocenters. The third-order valence-electron chi connectivity index (χ3n) is 4.03. The van der Waals surface area contributed by atoms with Gasteiger partial charge in [-0.3, -0.25) is 0 Å². The van der Waals surface area contributed by atoms with Gasteiger partial charge in [-0.2, -0.15) is 0 Å². The van der Waals surface area contributed by atoms with E-state index in [0.717, 1.165) is 6.42 Å². The lowest BCUT2D eigenvalue weighted by atomic mass is 10.0. The van der Waals surface area contributed by atoms with E-state index in [-0.39, 0.29) is 5.82 Å². The van der Waals surface area contributed by atoms with Crippen molar-refractivity contribution in [1.29, 1.82) is 0 Å². The van der Waals surface area contributed by atoms with Crippen LogP contribution in [0.25, 0.3) is 0 Å². The lowest BCUT2D eigenvalue weighted by Crippen LogP contribution is -2.26. The van der Waals surface area contributed by atoms with Crippen molar-refractivity contribution in [3.63, 3.8) is 0 Å². The Bertz CT molecular complexity index is 383. The van der Waals surface area contributed by atoms with Gasteiger partial charge in [0.25, 0.3) is 0 Å². The first-order valence-electron chi connectivity index (χ1n) is 7.04. The maximum absolute atomic E-state index is 13.0. The molecule has 1 nitrogen and oxygen atoms in total. The van der Waals surface area contributed by atoms with Gasteiger partial charge in [0.15, 0.2) is 0 Å². The van der Waals surface area contributed by atoms with Gasteiger partial charge < -0.3 is 5.32 Å². The first kappa shape index (κ1) is 13.5. The van der Waals surface area contributed by atoms with E-state index in [9.17, 15) is 4.39 Å². The molecule has 0 saturated heterocycles. The number of hydrogen-bond donors (Lipinski definition) is 1. The second kappa shape index (κ2) is 5.40. The largest absolute Gasteiger partial charge is 0.307 e. The van der Waals surface area contributed by atoms with Gasteiger partial charge in [-0.25, -0.2) is 4.39 Å². The van der Waals surface area contributed by atoms with Crippen molar-refractivity contribution in [1.82, 2.24) is 5.32 Å².